The number of nitrogens with zero attached hydrogens (tertiary/aromatic N) is 2. The Morgan fingerprint density at radius 2 is 2.10 bits per heavy atom. The second kappa shape index (κ2) is 8.91. The Morgan fingerprint density at radius 3 is 2.73 bits per heavy atom. The highest BCUT2D eigenvalue weighted by atomic mass is 32.1. The van der Waals surface area contributed by atoms with Gasteiger partial charge in [-0.25, -0.2) is 14.6 Å². The number of thiazole rings is 1. The lowest BCUT2D eigenvalue weighted by atomic mass is 9.92. The summed E-state index contributed by atoms with van der Waals surface area (Å²) in [5.41, 5.74) is 6.66. The number of fused-ring (bicyclic) bond motifs is 1. The van der Waals surface area contributed by atoms with Crippen molar-refractivity contribution in [2.45, 2.75) is 45.3 Å². The Kier molecular flexibility index (Phi) is 6.50. The first kappa shape index (κ1) is 21.9. The molecule has 162 valence electrons. The van der Waals surface area contributed by atoms with Crippen LogP contribution in [0.2, 0.25) is 0 Å². The molecule has 2 aromatic rings. The van der Waals surface area contributed by atoms with Crippen LogP contribution >= 0.6 is 11.3 Å². The molecule has 1 aliphatic rings. The average molecular weight is 434 g/mol. The lowest BCUT2D eigenvalue weighted by molar-refractivity contribution is -0.147. The summed E-state index contributed by atoms with van der Waals surface area (Å²) < 4.78 is 16.4. The Hall–Kier alpha value is -2.81. The van der Waals surface area contributed by atoms with E-state index in [0.29, 0.717) is 42.4 Å². The van der Waals surface area contributed by atoms with Crippen molar-refractivity contribution in [2.24, 2.45) is 0 Å². The average Bonchev–Trinajstić information content (AvgIpc) is 3.10. The summed E-state index contributed by atoms with van der Waals surface area (Å²) >= 11 is 1.43. The highest BCUT2D eigenvalue weighted by Gasteiger charge is 2.39. The van der Waals surface area contributed by atoms with E-state index < -0.39 is 23.7 Å². The van der Waals surface area contributed by atoms with Gasteiger partial charge in [0.05, 0.1) is 13.7 Å². The van der Waals surface area contributed by atoms with Crippen molar-refractivity contribution in [1.82, 2.24) is 9.88 Å². The summed E-state index contributed by atoms with van der Waals surface area (Å²) in [4.78, 5) is 31.8. The fourth-order valence-electron chi connectivity index (χ4n) is 3.27. The van der Waals surface area contributed by atoms with Crippen molar-refractivity contribution >= 4 is 28.5 Å². The number of nitrogens with two attached hydrogens (primary N) is 1. The molecule has 1 aromatic carbocycles. The van der Waals surface area contributed by atoms with Crippen LogP contribution in [0.5, 0.6) is 5.75 Å². The third kappa shape index (κ3) is 5.21. The number of esters is 1. The lowest BCUT2D eigenvalue weighted by Gasteiger charge is -2.36. The second-order valence-corrected chi connectivity index (χ2v) is 9.12. The molecule has 2 N–H and O–H groups in total. The molecule has 8 nitrogen and oxygen atoms in total. The number of hydrogen-bond acceptors (Lipinski definition) is 8. The van der Waals surface area contributed by atoms with Gasteiger partial charge in [0.15, 0.2) is 11.2 Å². The molecule has 1 amide bonds. The maximum Gasteiger partial charge on any atom is 0.411 e. The van der Waals surface area contributed by atoms with Gasteiger partial charge in [0, 0.05) is 24.0 Å². The van der Waals surface area contributed by atoms with Crippen LogP contribution < -0.4 is 10.5 Å². The molecule has 0 saturated heterocycles. The predicted octanol–water partition coefficient (Wildman–Crippen LogP) is 3.35. The molecule has 0 spiro atoms. The van der Waals surface area contributed by atoms with Gasteiger partial charge >= 0.3 is 12.1 Å². The number of anilines is 1. The highest BCUT2D eigenvalue weighted by molar-refractivity contribution is 7.15. The summed E-state index contributed by atoms with van der Waals surface area (Å²) in [7, 11) is 1.31. The van der Waals surface area contributed by atoms with E-state index in [9.17, 15) is 9.59 Å². The molecular weight excluding hydrogens is 406 g/mol. The van der Waals surface area contributed by atoms with E-state index in [4.69, 9.17) is 19.9 Å². The van der Waals surface area contributed by atoms with Crippen molar-refractivity contribution < 1.29 is 23.8 Å². The Bertz CT molecular complexity index is 922. The van der Waals surface area contributed by atoms with Gasteiger partial charge in [-0.1, -0.05) is 6.07 Å². The number of aromatic nitrogens is 1. The van der Waals surface area contributed by atoms with Gasteiger partial charge in [-0.3, -0.25) is 4.90 Å². The van der Waals surface area contributed by atoms with Crippen LogP contribution in [0.1, 0.15) is 42.8 Å². The first-order valence-electron chi connectivity index (χ1n) is 9.71. The van der Waals surface area contributed by atoms with Gasteiger partial charge in [-0.05, 0) is 50.5 Å². The molecule has 0 aliphatic carbocycles. The monoisotopic (exact) mass is 433 g/mol. The molecule has 0 fully saturated rings. The van der Waals surface area contributed by atoms with Gasteiger partial charge in [0.2, 0.25) is 0 Å². The van der Waals surface area contributed by atoms with Crippen LogP contribution in [0.4, 0.5) is 9.93 Å². The SMILES string of the molecule is COC(=O)C1c2cc(OCCc3cnc(N)s3)ccc2CCN1C(=O)OC(C)(C)C. The van der Waals surface area contributed by atoms with Crippen LogP contribution in [0, 0.1) is 0 Å². The predicted molar refractivity (Wildman–Crippen MR) is 114 cm³/mol. The van der Waals surface area contributed by atoms with E-state index in [1.165, 1.54) is 23.3 Å². The molecule has 3 rings (SSSR count). The van der Waals surface area contributed by atoms with Crippen LogP contribution in [-0.2, 0) is 27.1 Å². The minimum absolute atomic E-state index is 0.370. The van der Waals surface area contributed by atoms with E-state index in [0.717, 1.165) is 10.4 Å². The molecule has 0 saturated carbocycles. The van der Waals surface area contributed by atoms with Gasteiger partial charge in [-0.15, -0.1) is 11.3 Å². The van der Waals surface area contributed by atoms with Gasteiger partial charge in [0.1, 0.15) is 11.4 Å². The number of carbonyl (C=O) groups is 2. The fourth-order valence-corrected chi connectivity index (χ4v) is 3.94. The summed E-state index contributed by atoms with van der Waals surface area (Å²) in [5.74, 6) is 0.102. The number of ether oxygens (including phenoxy) is 3. The molecular formula is C21H27N3O5S. The highest BCUT2D eigenvalue weighted by Crippen LogP contribution is 2.34. The number of nitrogen functional groups attached to an aromatic ring is 1. The number of rotatable bonds is 5. The zero-order valence-corrected chi connectivity index (χ0v) is 18.5. The maximum absolute atomic E-state index is 12.7. The molecule has 1 aromatic heterocycles. The first-order chi connectivity index (χ1) is 14.2. The van der Waals surface area contributed by atoms with E-state index in [1.807, 2.05) is 12.1 Å². The Morgan fingerprint density at radius 1 is 1.33 bits per heavy atom. The number of benzene rings is 1. The summed E-state index contributed by atoms with van der Waals surface area (Å²) in [6.45, 7) is 6.18. The Balaban J connectivity index is 1.79. The number of methoxy groups -OCH3 is 1. The summed E-state index contributed by atoms with van der Waals surface area (Å²) in [6, 6.07) is 4.72. The van der Waals surface area contributed by atoms with E-state index in [1.54, 1.807) is 33.0 Å². The number of hydrogen-bond donors (Lipinski definition) is 1. The van der Waals surface area contributed by atoms with Crippen LogP contribution in [0.15, 0.2) is 24.4 Å². The normalized spacial score (nSPS) is 16.0. The largest absolute Gasteiger partial charge is 0.493 e. The molecule has 9 heteroatoms. The third-order valence-corrected chi connectivity index (χ3v) is 5.47. The van der Waals surface area contributed by atoms with Gasteiger partial charge in [-0.2, -0.15) is 0 Å². The number of amides is 1. The third-order valence-electron chi connectivity index (χ3n) is 4.59. The maximum atomic E-state index is 12.7. The minimum atomic E-state index is -0.876. The molecule has 30 heavy (non-hydrogen) atoms. The summed E-state index contributed by atoms with van der Waals surface area (Å²) in [6.07, 6.45) is 2.49. The topological polar surface area (TPSA) is 104 Å². The van der Waals surface area contributed by atoms with Crippen molar-refractivity contribution in [3.8, 4) is 5.75 Å². The minimum Gasteiger partial charge on any atom is -0.493 e. The van der Waals surface area contributed by atoms with Crippen LogP contribution in [0.3, 0.4) is 0 Å². The Labute approximate surface area is 179 Å². The first-order valence-corrected chi connectivity index (χ1v) is 10.5. The van der Waals surface area contributed by atoms with Crippen molar-refractivity contribution in [1.29, 1.82) is 0 Å². The standard InChI is InChI=1S/C21H27N3O5S/c1-21(2,3)29-20(26)24-9-7-13-5-6-14(11-16(13)17(24)18(25)27-4)28-10-8-15-12-23-19(22)30-15/h5-6,11-12,17H,7-10H2,1-4H3,(H2,22,23). The van der Waals surface area contributed by atoms with E-state index in [-0.39, 0.29) is 0 Å². The molecule has 0 bridgehead atoms. The van der Waals surface area contributed by atoms with Gasteiger partial charge in [0.25, 0.3) is 0 Å². The van der Waals surface area contributed by atoms with Crippen molar-refractivity contribution in [3.63, 3.8) is 0 Å². The fraction of sp³-hybridized carbons (Fsp3) is 0.476. The zero-order chi connectivity index (χ0) is 21.9. The number of carbonyl (C=O) groups excluding carboxylic acids is 2. The molecule has 0 radical (unpaired) electrons. The van der Waals surface area contributed by atoms with E-state index in [2.05, 4.69) is 4.98 Å². The molecule has 1 unspecified atom stereocenters. The summed E-state index contributed by atoms with van der Waals surface area (Å²) in [5, 5.41) is 0.530. The van der Waals surface area contributed by atoms with Crippen LogP contribution in [-0.4, -0.2) is 47.8 Å². The van der Waals surface area contributed by atoms with Crippen LogP contribution in [0.25, 0.3) is 0 Å². The van der Waals surface area contributed by atoms with Crippen molar-refractivity contribution in [2.75, 3.05) is 26.0 Å². The van der Waals surface area contributed by atoms with Gasteiger partial charge < -0.3 is 19.9 Å². The molecule has 2 heterocycles. The smallest absolute Gasteiger partial charge is 0.411 e. The molecule has 1 aliphatic heterocycles. The zero-order valence-electron chi connectivity index (χ0n) is 17.6. The molecule has 1 atom stereocenters. The quantitative estimate of drug-likeness (QED) is 0.721. The lowest BCUT2D eigenvalue weighted by Crippen LogP contribution is -2.46. The van der Waals surface area contributed by atoms with E-state index >= 15 is 0 Å². The van der Waals surface area contributed by atoms with Crippen molar-refractivity contribution in [3.05, 3.63) is 40.4 Å². The second-order valence-electron chi connectivity index (χ2n) is 7.97.